The predicted octanol–water partition coefficient (Wildman–Crippen LogP) is 2.11. The molecule has 0 spiro atoms. The first-order valence-corrected chi connectivity index (χ1v) is 5.79. The summed E-state index contributed by atoms with van der Waals surface area (Å²) in [6, 6.07) is 8.80. The van der Waals surface area contributed by atoms with E-state index in [2.05, 4.69) is 37.2 Å². The van der Waals surface area contributed by atoms with Crippen LogP contribution in [0, 0.1) is 0 Å². The predicted molar refractivity (Wildman–Crippen MR) is 61.1 cm³/mol. The summed E-state index contributed by atoms with van der Waals surface area (Å²) in [5, 5.41) is 0. The Bertz CT molecular complexity index is 391. The minimum Gasteiger partial charge on any atom is -0.348 e. The van der Waals surface area contributed by atoms with E-state index in [0.29, 0.717) is 6.04 Å². The number of benzene rings is 1. The summed E-state index contributed by atoms with van der Waals surface area (Å²) in [6.07, 6.45) is 1.10. The molecule has 0 aliphatic carbocycles. The second-order valence-electron chi connectivity index (χ2n) is 4.70. The lowest BCUT2D eigenvalue weighted by Gasteiger charge is -2.44. The molecule has 16 heavy (non-hydrogen) atoms. The van der Waals surface area contributed by atoms with Gasteiger partial charge in [0, 0.05) is 5.56 Å². The van der Waals surface area contributed by atoms with Crippen molar-refractivity contribution < 1.29 is 9.47 Å². The summed E-state index contributed by atoms with van der Waals surface area (Å²) >= 11 is 0. The van der Waals surface area contributed by atoms with Crippen molar-refractivity contribution in [1.29, 1.82) is 0 Å². The van der Waals surface area contributed by atoms with Crippen LogP contribution < -0.4 is 0 Å². The Hall–Kier alpha value is -0.900. The van der Waals surface area contributed by atoms with Gasteiger partial charge in [0.2, 0.25) is 0 Å². The van der Waals surface area contributed by atoms with Gasteiger partial charge < -0.3 is 14.4 Å². The van der Waals surface area contributed by atoms with Crippen molar-refractivity contribution in [2.75, 3.05) is 20.7 Å². The van der Waals surface area contributed by atoms with Crippen molar-refractivity contribution in [3.05, 3.63) is 35.4 Å². The highest BCUT2D eigenvalue weighted by atomic mass is 16.7. The van der Waals surface area contributed by atoms with Crippen LogP contribution in [0.25, 0.3) is 0 Å². The number of hydrogen-bond acceptors (Lipinski definition) is 3. The zero-order valence-electron chi connectivity index (χ0n) is 9.72. The van der Waals surface area contributed by atoms with Crippen molar-refractivity contribution in [1.82, 2.24) is 4.90 Å². The van der Waals surface area contributed by atoms with Crippen molar-refractivity contribution in [3.63, 3.8) is 0 Å². The highest BCUT2D eigenvalue weighted by Crippen LogP contribution is 2.42. The zero-order valence-corrected chi connectivity index (χ0v) is 9.72. The molecule has 0 unspecified atom stereocenters. The van der Waals surface area contributed by atoms with E-state index >= 15 is 0 Å². The lowest BCUT2D eigenvalue weighted by Crippen LogP contribution is -2.42. The fourth-order valence-corrected chi connectivity index (χ4v) is 2.76. The lowest BCUT2D eigenvalue weighted by molar-refractivity contribution is -0.240. The van der Waals surface area contributed by atoms with Crippen LogP contribution in [0.3, 0.4) is 0 Å². The molecule has 1 saturated heterocycles. The molecule has 1 aromatic rings. The molecular weight excluding hydrogens is 202 g/mol. The molecule has 3 heteroatoms. The molecule has 0 aromatic heterocycles. The third-order valence-corrected chi connectivity index (χ3v) is 3.45. The number of fused-ring (bicyclic) bond motifs is 4. The number of rotatable bonds is 1. The van der Waals surface area contributed by atoms with Crippen LogP contribution in [-0.4, -0.2) is 31.7 Å². The molecule has 0 saturated carbocycles. The van der Waals surface area contributed by atoms with Crippen molar-refractivity contribution in [3.8, 4) is 0 Å². The topological polar surface area (TPSA) is 21.7 Å². The Morgan fingerprint density at radius 3 is 2.69 bits per heavy atom. The van der Waals surface area contributed by atoms with Gasteiger partial charge >= 0.3 is 0 Å². The highest BCUT2D eigenvalue weighted by Gasteiger charge is 2.39. The van der Waals surface area contributed by atoms with Crippen LogP contribution in [0.4, 0.5) is 0 Å². The average Bonchev–Trinajstić information content (AvgIpc) is 2.29. The number of ether oxygens (including phenoxy) is 2. The Balaban J connectivity index is 2.09. The lowest BCUT2D eigenvalue weighted by atomic mass is 9.90. The summed E-state index contributed by atoms with van der Waals surface area (Å²) in [6.45, 7) is 0.800. The molecule has 0 amide bonds. The molecule has 3 rings (SSSR count). The van der Waals surface area contributed by atoms with Gasteiger partial charge in [-0.1, -0.05) is 24.3 Å². The van der Waals surface area contributed by atoms with E-state index in [-0.39, 0.29) is 12.4 Å². The molecule has 2 heterocycles. The molecule has 2 aliphatic heterocycles. The molecule has 0 radical (unpaired) electrons. The van der Waals surface area contributed by atoms with Gasteiger partial charge in [0.1, 0.15) is 0 Å². The van der Waals surface area contributed by atoms with E-state index in [1.807, 2.05) is 6.07 Å². The second-order valence-corrected chi connectivity index (χ2v) is 4.70. The monoisotopic (exact) mass is 219 g/mol. The SMILES string of the molecule is CN(C)[C@H]1c2ccccc2[C@H]2OCC[C@@H]1O2. The van der Waals surface area contributed by atoms with E-state index in [0.717, 1.165) is 13.0 Å². The van der Waals surface area contributed by atoms with E-state index in [4.69, 9.17) is 9.47 Å². The Kier molecular flexibility index (Phi) is 2.46. The van der Waals surface area contributed by atoms with Crippen LogP contribution in [0.15, 0.2) is 24.3 Å². The largest absolute Gasteiger partial charge is 0.348 e. The van der Waals surface area contributed by atoms with Crippen LogP contribution in [0.5, 0.6) is 0 Å². The third-order valence-electron chi connectivity index (χ3n) is 3.45. The average molecular weight is 219 g/mol. The number of likely N-dealkylation sites (N-methyl/N-ethyl adjacent to an activating group) is 1. The van der Waals surface area contributed by atoms with Crippen LogP contribution in [0.1, 0.15) is 29.9 Å². The third kappa shape index (κ3) is 1.47. The first-order chi connectivity index (χ1) is 7.77. The van der Waals surface area contributed by atoms with Gasteiger partial charge in [-0.3, -0.25) is 0 Å². The van der Waals surface area contributed by atoms with Gasteiger partial charge in [-0.15, -0.1) is 0 Å². The van der Waals surface area contributed by atoms with Crippen molar-refractivity contribution in [2.24, 2.45) is 0 Å². The minimum atomic E-state index is -0.147. The van der Waals surface area contributed by atoms with E-state index in [1.165, 1.54) is 11.1 Å². The quantitative estimate of drug-likeness (QED) is 0.722. The van der Waals surface area contributed by atoms with Gasteiger partial charge in [-0.2, -0.15) is 0 Å². The van der Waals surface area contributed by atoms with E-state index < -0.39 is 0 Å². The summed E-state index contributed by atoms with van der Waals surface area (Å²) in [4.78, 5) is 2.24. The maximum Gasteiger partial charge on any atom is 0.184 e. The standard InChI is InChI=1S/C13H17NO2/c1-14(2)12-9-5-3-4-6-10(9)13-15-8-7-11(12)16-13/h3-6,11-13H,7-8H2,1-2H3/t11-,12-,13-/m0/s1. The van der Waals surface area contributed by atoms with E-state index in [9.17, 15) is 0 Å². The summed E-state index contributed by atoms with van der Waals surface area (Å²) in [7, 11) is 4.22. The molecule has 0 N–H and O–H groups in total. The first-order valence-electron chi connectivity index (χ1n) is 5.79. The van der Waals surface area contributed by atoms with Crippen LogP contribution in [-0.2, 0) is 9.47 Å². The van der Waals surface area contributed by atoms with Gasteiger partial charge in [0.05, 0.1) is 18.8 Å². The molecule has 3 nitrogen and oxygen atoms in total. The first kappa shape index (κ1) is 10.3. The normalized spacial score (nSPS) is 32.6. The minimum absolute atomic E-state index is 0.147. The smallest absolute Gasteiger partial charge is 0.184 e. The molecule has 86 valence electrons. The van der Waals surface area contributed by atoms with Crippen LogP contribution >= 0.6 is 0 Å². The summed E-state index contributed by atoms with van der Waals surface area (Å²) in [5.41, 5.74) is 2.55. The second kappa shape index (κ2) is 3.84. The highest BCUT2D eigenvalue weighted by molar-refractivity contribution is 5.34. The van der Waals surface area contributed by atoms with Crippen LogP contribution in [0.2, 0.25) is 0 Å². The van der Waals surface area contributed by atoms with Gasteiger partial charge in [-0.05, 0) is 26.1 Å². The molecule has 1 fully saturated rings. The number of hydrogen-bond donors (Lipinski definition) is 0. The fourth-order valence-electron chi connectivity index (χ4n) is 2.76. The molecule has 1 aromatic carbocycles. The Morgan fingerprint density at radius 2 is 1.94 bits per heavy atom. The van der Waals surface area contributed by atoms with Gasteiger partial charge in [-0.25, -0.2) is 0 Å². The Labute approximate surface area is 96.0 Å². The summed E-state index contributed by atoms with van der Waals surface area (Å²) < 4.78 is 11.6. The van der Waals surface area contributed by atoms with Crippen molar-refractivity contribution >= 4 is 0 Å². The van der Waals surface area contributed by atoms with E-state index in [1.54, 1.807) is 0 Å². The van der Waals surface area contributed by atoms with Gasteiger partial charge in [0.15, 0.2) is 6.29 Å². The zero-order chi connectivity index (χ0) is 11.1. The fraction of sp³-hybridized carbons (Fsp3) is 0.538. The Morgan fingerprint density at radius 1 is 1.19 bits per heavy atom. The molecule has 2 bridgehead atoms. The maximum absolute atomic E-state index is 5.96. The maximum atomic E-state index is 5.96. The van der Waals surface area contributed by atoms with Crippen molar-refractivity contribution in [2.45, 2.75) is 24.9 Å². The number of nitrogens with zero attached hydrogens (tertiary/aromatic N) is 1. The molecular formula is C13H17NO2. The molecule has 3 atom stereocenters. The van der Waals surface area contributed by atoms with Gasteiger partial charge in [0.25, 0.3) is 0 Å². The molecule has 2 aliphatic rings. The summed E-state index contributed by atoms with van der Waals surface area (Å²) in [5.74, 6) is 0.